The van der Waals surface area contributed by atoms with Crippen molar-refractivity contribution < 1.29 is 4.79 Å². The molecule has 3 rings (SSSR count). The third-order valence-electron chi connectivity index (χ3n) is 3.73. The van der Waals surface area contributed by atoms with Crippen LogP contribution in [0.2, 0.25) is 0 Å². The zero-order valence-electron chi connectivity index (χ0n) is 14.4. The lowest BCUT2D eigenvalue weighted by molar-refractivity contribution is 0.102. The first kappa shape index (κ1) is 17.1. The minimum atomic E-state index is -0.363. The summed E-state index contributed by atoms with van der Waals surface area (Å²) in [4.78, 5) is 21.2. The third kappa shape index (κ3) is 4.02. The van der Waals surface area contributed by atoms with Crippen LogP contribution in [0, 0.1) is 25.2 Å². The number of carbonyl (C=O) groups is 1. The Labute approximate surface area is 151 Å². The van der Waals surface area contributed by atoms with Crippen LogP contribution >= 0.6 is 0 Å². The summed E-state index contributed by atoms with van der Waals surface area (Å²) in [6.45, 7) is 3.78. The van der Waals surface area contributed by atoms with Crippen LogP contribution < -0.4 is 10.6 Å². The molecular weight excluding hydrogens is 326 g/mol. The maximum atomic E-state index is 12.5. The van der Waals surface area contributed by atoms with Crippen molar-refractivity contribution in [2.75, 3.05) is 10.6 Å². The van der Waals surface area contributed by atoms with Crippen LogP contribution in [0.25, 0.3) is 0 Å². The molecule has 6 nitrogen and oxygen atoms in total. The van der Waals surface area contributed by atoms with Gasteiger partial charge in [-0.2, -0.15) is 5.26 Å². The number of nitrogens with zero attached hydrogens (tertiary/aromatic N) is 3. The van der Waals surface area contributed by atoms with Gasteiger partial charge in [-0.25, -0.2) is 9.97 Å². The molecule has 0 bridgehead atoms. The lowest BCUT2D eigenvalue weighted by atomic mass is 10.2. The molecule has 0 unspecified atom stereocenters. The smallest absolute Gasteiger partial charge is 0.274 e. The zero-order chi connectivity index (χ0) is 18.5. The van der Waals surface area contributed by atoms with Crippen molar-refractivity contribution in [1.29, 1.82) is 5.26 Å². The van der Waals surface area contributed by atoms with E-state index in [4.69, 9.17) is 5.26 Å². The molecule has 0 aliphatic heterocycles. The number of nitriles is 1. The van der Waals surface area contributed by atoms with Gasteiger partial charge in [-0.3, -0.25) is 4.79 Å². The molecular formula is C20H17N5O. The summed E-state index contributed by atoms with van der Waals surface area (Å²) in [5.74, 6) is -0.00588. The van der Waals surface area contributed by atoms with Crippen LogP contribution in [-0.2, 0) is 0 Å². The van der Waals surface area contributed by atoms with E-state index < -0.39 is 0 Å². The molecule has 2 N–H and O–H groups in total. The predicted octanol–water partition coefficient (Wildman–Crippen LogP) is 3.96. The molecule has 0 aliphatic rings. The minimum Gasteiger partial charge on any atom is -0.324 e. The molecule has 3 aromatic rings. The molecule has 0 spiro atoms. The van der Waals surface area contributed by atoms with E-state index in [1.807, 2.05) is 37.3 Å². The summed E-state index contributed by atoms with van der Waals surface area (Å²) in [5, 5.41) is 14.9. The second-order valence-electron chi connectivity index (χ2n) is 5.80. The van der Waals surface area contributed by atoms with Gasteiger partial charge in [0.15, 0.2) is 0 Å². The standard InChI is InChI=1S/C20H17N5O/c1-13-6-3-4-9-17(13)24-20-22-14(2)10-18(25-20)19(26)23-16-8-5-7-15(11-16)12-21/h3-11H,1-2H3,(H,23,26)(H,22,24,25). The first-order chi connectivity index (χ1) is 12.5. The average Bonchev–Trinajstić information content (AvgIpc) is 2.63. The van der Waals surface area contributed by atoms with E-state index in [-0.39, 0.29) is 11.6 Å². The van der Waals surface area contributed by atoms with Crippen LogP contribution in [0.15, 0.2) is 54.6 Å². The van der Waals surface area contributed by atoms with E-state index in [0.29, 0.717) is 22.9 Å². The molecule has 1 heterocycles. The Hall–Kier alpha value is -3.72. The maximum absolute atomic E-state index is 12.5. The summed E-state index contributed by atoms with van der Waals surface area (Å²) >= 11 is 0. The molecule has 128 valence electrons. The largest absolute Gasteiger partial charge is 0.324 e. The molecule has 6 heteroatoms. The number of carbonyl (C=O) groups excluding carboxylic acids is 1. The van der Waals surface area contributed by atoms with E-state index in [1.165, 1.54) is 0 Å². The van der Waals surface area contributed by atoms with Crippen molar-refractivity contribution in [2.24, 2.45) is 0 Å². The summed E-state index contributed by atoms with van der Waals surface area (Å²) in [6, 6.07) is 18.2. The lowest BCUT2D eigenvalue weighted by Crippen LogP contribution is -2.15. The van der Waals surface area contributed by atoms with Gasteiger partial charge in [-0.15, -0.1) is 0 Å². The molecule has 0 atom stereocenters. The van der Waals surface area contributed by atoms with E-state index >= 15 is 0 Å². The molecule has 1 amide bonds. The molecule has 0 aliphatic carbocycles. The number of anilines is 3. The van der Waals surface area contributed by atoms with Gasteiger partial charge in [0.05, 0.1) is 11.6 Å². The SMILES string of the molecule is Cc1cc(C(=O)Nc2cccc(C#N)c2)nc(Nc2ccccc2C)n1. The number of benzene rings is 2. The molecule has 0 fully saturated rings. The second-order valence-corrected chi connectivity index (χ2v) is 5.80. The van der Waals surface area contributed by atoms with Crippen LogP contribution in [-0.4, -0.2) is 15.9 Å². The lowest BCUT2D eigenvalue weighted by Gasteiger charge is -2.10. The van der Waals surface area contributed by atoms with Crippen molar-refractivity contribution in [3.05, 3.63) is 77.1 Å². The van der Waals surface area contributed by atoms with E-state index in [1.54, 1.807) is 37.3 Å². The number of rotatable bonds is 4. The number of aryl methyl sites for hydroxylation is 2. The summed E-state index contributed by atoms with van der Waals surface area (Å²) in [5.41, 5.74) is 3.87. The molecule has 0 saturated heterocycles. The Morgan fingerprint density at radius 1 is 1.04 bits per heavy atom. The van der Waals surface area contributed by atoms with Crippen LogP contribution in [0.4, 0.5) is 17.3 Å². The summed E-state index contributed by atoms with van der Waals surface area (Å²) in [7, 11) is 0. The van der Waals surface area contributed by atoms with Gasteiger partial charge in [-0.05, 0) is 49.7 Å². The van der Waals surface area contributed by atoms with Gasteiger partial charge >= 0.3 is 0 Å². The molecule has 2 aromatic carbocycles. The number of amides is 1. The fourth-order valence-electron chi connectivity index (χ4n) is 2.44. The number of aromatic nitrogens is 2. The van der Waals surface area contributed by atoms with Crippen molar-refractivity contribution in [3.63, 3.8) is 0 Å². The highest BCUT2D eigenvalue weighted by Crippen LogP contribution is 2.18. The van der Waals surface area contributed by atoms with Gasteiger partial charge in [-0.1, -0.05) is 24.3 Å². The Morgan fingerprint density at radius 2 is 1.85 bits per heavy atom. The van der Waals surface area contributed by atoms with Gasteiger partial charge in [0.1, 0.15) is 5.69 Å². The Balaban J connectivity index is 1.83. The Kier molecular flexibility index (Phi) is 4.90. The number of hydrogen-bond acceptors (Lipinski definition) is 5. The Bertz CT molecular complexity index is 1010. The summed E-state index contributed by atoms with van der Waals surface area (Å²) in [6.07, 6.45) is 0. The number of para-hydroxylation sites is 1. The highest BCUT2D eigenvalue weighted by atomic mass is 16.1. The van der Waals surface area contributed by atoms with Gasteiger partial charge in [0.25, 0.3) is 5.91 Å². The number of hydrogen-bond donors (Lipinski definition) is 2. The van der Waals surface area contributed by atoms with Crippen LogP contribution in [0.5, 0.6) is 0 Å². The van der Waals surface area contributed by atoms with Crippen molar-refractivity contribution >= 4 is 23.2 Å². The summed E-state index contributed by atoms with van der Waals surface area (Å²) < 4.78 is 0. The van der Waals surface area contributed by atoms with Crippen molar-refractivity contribution in [2.45, 2.75) is 13.8 Å². The predicted molar refractivity (Wildman–Crippen MR) is 100 cm³/mol. The first-order valence-electron chi connectivity index (χ1n) is 8.05. The maximum Gasteiger partial charge on any atom is 0.274 e. The van der Waals surface area contributed by atoms with Gasteiger partial charge in [0, 0.05) is 17.1 Å². The van der Waals surface area contributed by atoms with E-state index in [2.05, 4.69) is 20.6 Å². The second kappa shape index (κ2) is 7.45. The van der Waals surface area contributed by atoms with Crippen molar-refractivity contribution in [3.8, 4) is 6.07 Å². The van der Waals surface area contributed by atoms with E-state index in [9.17, 15) is 4.79 Å². The van der Waals surface area contributed by atoms with Gasteiger partial charge in [0.2, 0.25) is 5.95 Å². The molecule has 1 aromatic heterocycles. The fourth-order valence-corrected chi connectivity index (χ4v) is 2.44. The normalized spacial score (nSPS) is 10.0. The third-order valence-corrected chi connectivity index (χ3v) is 3.73. The highest BCUT2D eigenvalue weighted by Gasteiger charge is 2.12. The highest BCUT2D eigenvalue weighted by molar-refractivity contribution is 6.03. The zero-order valence-corrected chi connectivity index (χ0v) is 14.4. The quantitative estimate of drug-likeness (QED) is 0.748. The first-order valence-corrected chi connectivity index (χ1v) is 8.05. The molecule has 0 saturated carbocycles. The van der Waals surface area contributed by atoms with Crippen LogP contribution in [0.1, 0.15) is 27.3 Å². The number of nitrogens with one attached hydrogen (secondary N) is 2. The minimum absolute atomic E-state index is 0.246. The Morgan fingerprint density at radius 3 is 2.62 bits per heavy atom. The topological polar surface area (TPSA) is 90.7 Å². The molecule has 0 radical (unpaired) electrons. The fraction of sp³-hybridized carbons (Fsp3) is 0.100. The monoisotopic (exact) mass is 343 g/mol. The van der Waals surface area contributed by atoms with Crippen LogP contribution in [0.3, 0.4) is 0 Å². The molecule has 26 heavy (non-hydrogen) atoms. The van der Waals surface area contributed by atoms with E-state index in [0.717, 1.165) is 11.3 Å². The van der Waals surface area contributed by atoms with Gasteiger partial charge < -0.3 is 10.6 Å². The van der Waals surface area contributed by atoms with Crippen molar-refractivity contribution in [1.82, 2.24) is 9.97 Å². The average molecular weight is 343 g/mol.